The number of carbonyl (C=O) groups excluding carboxylic acids is 1. The van der Waals surface area contributed by atoms with Gasteiger partial charge in [0.1, 0.15) is 13.2 Å². The van der Waals surface area contributed by atoms with Gasteiger partial charge in [0.05, 0.1) is 12.0 Å². The lowest BCUT2D eigenvalue weighted by Crippen LogP contribution is -2.37. The van der Waals surface area contributed by atoms with Gasteiger partial charge in [0.15, 0.2) is 17.6 Å². The molecule has 116 valence electrons. The number of benzene rings is 1. The van der Waals surface area contributed by atoms with Crippen LogP contribution in [0.15, 0.2) is 23.1 Å². The zero-order chi connectivity index (χ0) is 15.5. The van der Waals surface area contributed by atoms with Crippen LogP contribution >= 0.6 is 0 Å². The molecule has 0 aliphatic carbocycles. The van der Waals surface area contributed by atoms with Crippen molar-refractivity contribution < 1.29 is 32.5 Å². The first-order valence-electron chi connectivity index (χ1n) is 6.09. The number of hydrogen-bond acceptors (Lipinski definition) is 7. The number of ether oxygens (including phenoxy) is 3. The number of esters is 1. The summed E-state index contributed by atoms with van der Waals surface area (Å²) in [5.41, 5.74) is 0. The van der Waals surface area contributed by atoms with E-state index in [0.717, 1.165) is 7.11 Å². The number of rotatable bonds is 5. The molecule has 0 amide bonds. The van der Waals surface area contributed by atoms with Crippen molar-refractivity contribution in [2.75, 3.05) is 26.9 Å². The van der Waals surface area contributed by atoms with Crippen LogP contribution in [0.3, 0.4) is 0 Å². The summed E-state index contributed by atoms with van der Waals surface area (Å²) in [6.45, 7) is 0.261. The van der Waals surface area contributed by atoms with Crippen molar-refractivity contribution in [3.05, 3.63) is 18.2 Å². The van der Waals surface area contributed by atoms with E-state index < -0.39 is 28.6 Å². The molecule has 1 aliphatic heterocycles. The quantitative estimate of drug-likeness (QED) is 0.689. The van der Waals surface area contributed by atoms with E-state index in [0.29, 0.717) is 24.7 Å². The lowest BCUT2D eigenvalue weighted by atomic mass is 10.3. The number of nitrogens with one attached hydrogen (secondary N) is 1. The first-order valence-corrected chi connectivity index (χ1v) is 7.57. The number of hydrogen-bond donors (Lipinski definition) is 2. The lowest BCUT2D eigenvalue weighted by Gasteiger charge is -2.19. The molecule has 0 spiro atoms. The molecule has 1 atom stereocenters. The van der Waals surface area contributed by atoms with Crippen LogP contribution in [-0.2, 0) is 19.6 Å². The van der Waals surface area contributed by atoms with Crippen molar-refractivity contribution in [3.8, 4) is 11.5 Å². The van der Waals surface area contributed by atoms with Gasteiger partial charge in [-0.05, 0) is 12.1 Å². The van der Waals surface area contributed by atoms with E-state index in [-0.39, 0.29) is 4.90 Å². The zero-order valence-electron chi connectivity index (χ0n) is 11.2. The second kappa shape index (κ2) is 6.29. The minimum atomic E-state index is -3.88. The van der Waals surface area contributed by atoms with E-state index in [2.05, 4.69) is 9.46 Å². The third kappa shape index (κ3) is 3.63. The molecule has 2 N–H and O–H groups in total. The Bertz CT molecular complexity index is 628. The molecule has 1 aromatic rings. The zero-order valence-corrected chi connectivity index (χ0v) is 12.1. The average Bonchev–Trinajstić information content (AvgIpc) is 2.51. The number of sulfonamides is 1. The third-order valence-electron chi connectivity index (χ3n) is 2.76. The Morgan fingerprint density at radius 2 is 2.05 bits per heavy atom. The number of aliphatic hydroxyl groups is 1. The van der Waals surface area contributed by atoms with E-state index >= 15 is 0 Å². The van der Waals surface area contributed by atoms with Gasteiger partial charge in [0.2, 0.25) is 10.0 Å². The summed E-state index contributed by atoms with van der Waals surface area (Å²) in [5.74, 6) is -0.118. The SMILES string of the molecule is COC(=O)C(O)CNS(=O)(=O)c1ccc2c(c1)OCCO2. The van der Waals surface area contributed by atoms with Crippen LogP contribution in [0.1, 0.15) is 0 Å². The number of carbonyl (C=O) groups is 1. The highest BCUT2D eigenvalue weighted by Crippen LogP contribution is 2.32. The van der Waals surface area contributed by atoms with Gasteiger partial charge >= 0.3 is 5.97 Å². The summed E-state index contributed by atoms with van der Waals surface area (Å²) in [4.78, 5) is 11.0. The molecule has 0 saturated heterocycles. The Balaban J connectivity index is 2.11. The minimum Gasteiger partial charge on any atom is -0.486 e. The molecule has 1 unspecified atom stereocenters. The van der Waals surface area contributed by atoms with Crippen molar-refractivity contribution in [1.82, 2.24) is 4.72 Å². The molecular formula is C12H15NO7S. The number of fused-ring (bicyclic) bond motifs is 1. The minimum absolute atomic E-state index is 0.0520. The maximum absolute atomic E-state index is 12.1. The van der Waals surface area contributed by atoms with Crippen LogP contribution in [-0.4, -0.2) is 52.5 Å². The standard InChI is InChI=1S/C12H15NO7S/c1-18-12(15)9(14)7-13-21(16,17)8-2-3-10-11(6-8)20-5-4-19-10/h2-3,6,9,13-14H,4-5,7H2,1H3. The summed E-state index contributed by atoms with van der Waals surface area (Å²) >= 11 is 0. The van der Waals surface area contributed by atoms with Gasteiger partial charge in [-0.2, -0.15) is 0 Å². The van der Waals surface area contributed by atoms with Gasteiger partial charge in [-0.1, -0.05) is 0 Å². The predicted molar refractivity (Wildman–Crippen MR) is 70.6 cm³/mol. The van der Waals surface area contributed by atoms with Gasteiger partial charge in [-0.15, -0.1) is 0 Å². The summed E-state index contributed by atoms with van der Waals surface area (Å²) in [5, 5.41) is 9.37. The van der Waals surface area contributed by atoms with Gasteiger partial charge < -0.3 is 19.3 Å². The maximum atomic E-state index is 12.1. The van der Waals surface area contributed by atoms with E-state index in [4.69, 9.17) is 9.47 Å². The number of methoxy groups -OCH3 is 1. The molecule has 1 heterocycles. The van der Waals surface area contributed by atoms with Crippen molar-refractivity contribution in [1.29, 1.82) is 0 Å². The molecule has 9 heteroatoms. The first kappa shape index (κ1) is 15.5. The smallest absolute Gasteiger partial charge is 0.336 e. The first-order chi connectivity index (χ1) is 9.94. The molecule has 2 rings (SSSR count). The molecular weight excluding hydrogens is 302 g/mol. The predicted octanol–water partition coefficient (Wildman–Crippen LogP) is -0.730. The molecule has 0 fully saturated rings. The highest BCUT2D eigenvalue weighted by atomic mass is 32.2. The van der Waals surface area contributed by atoms with Crippen LogP contribution in [0.5, 0.6) is 11.5 Å². The Hall–Kier alpha value is -1.84. The highest BCUT2D eigenvalue weighted by molar-refractivity contribution is 7.89. The molecule has 1 aromatic carbocycles. The van der Waals surface area contributed by atoms with Crippen LogP contribution in [0.4, 0.5) is 0 Å². The summed E-state index contributed by atoms with van der Waals surface area (Å²) in [7, 11) is -2.79. The molecule has 8 nitrogen and oxygen atoms in total. The monoisotopic (exact) mass is 317 g/mol. The van der Waals surface area contributed by atoms with E-state index in [1.165, 1.54) is 18.2 Å². The Morgan fingerprint density at radius 3 is 2.71 bits per heavy atom. The van der Waals surface area contributed by atoms with Gasteiger partial charge in [0.25, 0.3) is 0 Å². The third-order valence-corrected chi connectivity index (χ3v) is 4.19. The summed E-state index contributed by atoms with van der Waals surface area (Å²) < 4.78 is 41.1. The Labute approximate surface area is 121 Å². The molecule has 0 saturated carbocycles. The molecule has 21 heavy (non-hydrogen) atoms. The van der Waals surface area contributed by atoms with E-state index in [1.807, 2.05) is 0 Å². The van der Waals surface area contributed by atoms with Crippen LogP contribution in [0.2, 0.25) is 0 Å². The van der Waals surface area contributed by atoms with Crippen LogP contribution in [0.25, 0.3) is 0 Å². The van der Waals surface area contributed by atoms with Gasteiger partial charge in [-0.25, -0.2) is 17.9 Å². The van der Waals surface area contributed by atoms with Crippen molar-refractivity contribution in [2.45, 2.75) is 11.0 Å². The fraction of sp³-hybridized carbons (Fsp3) is 0.417. The lowest BCUT2D eigenvalue weighted by molar-refractivity contribution is -0.149. The highest BCUT2D eigenvalue weighted by Gasteiger charge is 2.22. The molecule has 0 aromatic heterocycles. The van der Waals surface area contributed by atoms with Crippen molar-refractivity contribution in [3.63, 3.8) is 0 Å². The normalized spacial score (nSPS) is 15.3. The maximum Gasteiger partial charge on any atom is 0.336 e. The van der Waals surface area contributed by atoms with Crippen LogP contribution in [0, 0.1) is 0 Å². The topological polar surface area (TPSA) is 111 Å². The van der Waals surface area contributed by atoms with Gasteiger partial charge in [-0.3, -0.25) is 0 Å². The molecule has 1 aliphatic rings. The Kier molecular flexibility index (Phi) is 4.66. The fourth-order valence-electron chi connectivity index (χ4n) is 1.68. The largest absolute Gasteiger partial charge is 0.486 e. The van der Waals surface area contributed by atoms with Crippen LogP contribution < -0.4 is 14.2 Å². The summed E-state index contributed by atoms with van der Waals surface area (Å²) in [6.07, 6.45) is -1.57. The second-order valence-electron chi connectivity index (χ2n) is 4.20. The average molecular weight is 317 g/mol. The second-order valence-corrected chi connectivity index (χ2v) is 5.96. The number of aliphatic hydroxyl groups excluding tert-OH is 1. The van der Waals surface area contributed by atoms with Gasteiger partial charge in [0, 0.05) is 12.6 Å². The summed E-state index contributed by atoms with van der Waals surface area (Å²) in [6, 6.07) is 4.15. The Morgan fingerprint density at radius 1 is 1.38 bits per heavy atom. The van der Waals surface area contributed by atoms with E-state index in [9.17, 15) is 18.3 Å². The van der Waals surface area contributed by atoms with Crippen molar-refractivity contribution >= 4 is 16.0 Å². The van der Waals surface area contributed by atoms with E-state index in [1.54, 1.807) is 0 Å². The molecule has 0 radical (unpaired) electrons. The fourth-order valence-corrected chi connectivity index (χ4v) is 2.74. The van der Waals surface area contributed by atoms with Crippen molar-refractivity contribution in [2.24, 2.45) is 0 Å². The molecule has 0 bridgehead atoms.